The molecule has 0 aliphatic carbocycles. The van der Waals surface area contributed by atoms with E-state index in [0.717, 1.165) is 18.4 Å². The minimum Gasteiger partial charge on any atom is -0.497 e. The van der Waals surface area contributed by atoms with E-state index in [1.807, 2.05) is 24.3 Å². The molecule has 2 aliphatic rings. The van der Waals surface area contributed by atoms with Gasteiger partial charge in [0.05, 0.1) is 29.8 Å². The van der Waals surface area contributed by atoms with Gasteiger partial charge in [0.15, 0.2) is 6.04 Å². The van der Waals surface area contributed by atoms with E-state index in [4.69, 9.17) is 14.5 Å². The fourth-order valence-electron chi connectivity index (χ4n) is 5.78. The van der Waals surface area contributed by atoms with Crippen molar-refractivity contribution in [1.82, 2.24) is 24.1 Å². The van der Waals surface area contributed by atoms with Crippen molar-refractivity contribution in [2.75, 3.05) is 26.8 Å². The number of hydrogen-bond acceptors (Lipinski definition) is 8. The maximum absolute atomic E-state index is 14.3. The third-order valence-electron chi connectivity index (χ3n) is 8.18. The van der Waals surface area contributed by atoms with Gasteiger partial charge in [-0.2, -0.15) is 0 Å². The van der Waals surface area contributed by atoms with Crippen LogP contribution < -0.4 is 10.1 Å². The zero-order valence-electron chi connectivity index (χ0n) is 24.9. The molecule has 1 saturated heterocycles. The number of hydrogen-bond donors (Lipinski definition) is 1. The number of carbonyl (C=O) groups is 3. The Morgan fingerprint density at radius 3 is 2.51 bits per heavy atom. The lowest BCUT2D eigenvalue weighted by Gasteiger charge is -2.32. The molecular formula is C32H33N5O7S. The van der Waals surface area contributed by atoms with Gasteiger partial charge in [-0.3, -0.25) is 14.4 Å². The Kier molecular flexibility index (Phi) is 8.30. The van der Waals surface area contributed by atoms with Crippen LogP contribution in [0.25, 0.3) is 11.0 Å². The van der Waals surface area contributed by atoms with Crippen LogP contribution in [-0.4, -0.2) is 77.8 Å². The third kappa shape index (κ3) is 5.76. The largest absolute Gasteiger partial charge is 0.497 e. The Bertz CT molecular complexity index is 1870. The molecule has 0 unspecified atom stereocenters. The van der Waals surface area contributed by atoms with Crippen molar-refractivity contribution in [3.63, 3.8) is 0 Å². The maximum atomic E-state index is 14.3. The van der Waals surface area contributed by atoms with Crippen LogP contribution in [-0.2, 0) is 37.9 Å². The molecule has 2 atom stereocenters. The van der Waals surface area contributed by atoms with Crippen molar-refractivity contribution in [1.29, 1.82) is 0 Å². The Morgan fingerprint density at radius 2 is 1.82 bits per heavy atom. The first-order valence-corrected chi connectivity index (χ1v) is 16.0. The second kappa shape index (κ2) is 12.3. The molecule has 1 N–H and O–H groups in total. The number of nitrogens with one attached hydrogen (secondary N) is 1. The summed E-state index contributed by atoms with van der Waals surface area (Å²) in [7, 11) is -0.990. The zero-order chi connectivity index (χ0) is 31.7. The van der Waals surface area contributed by atoms with Gasteiger partial charge in [0.1, 0.15) is 23.0 Å². The van der Waals surface area contributed by atoms with Crippen molar-refractivity contribution in [2.24, 2.45) is 7.05 Å². The van der Waals surface area contributed by atoms with E-state index in [1.54, 1.807) is 41.9 Å². The quantitative estimate of drug-likeness (QED) is 0.282. The molecule has 12 nitrogen and oxygen atoms in total. The second-order valence-corrected chi connectivity index (χ2v) is 12.8. The molecule has 3 heterocycles. The molecule has 4 aromatic rings. The molecule has 0 radical (unpaired) electrons. The number of para-hydroxylation sites is 2. The number of sulfonamides is 1. The van der Waals surface area contributed by atoms with Gasteiger partial charge < -0.3 is 24.3 Å². The van der Waals surface area contributed by atoms with Gasteiger partial charge in [-0.05, 0) is 54.8 Å². The van der Waals surface area contributed by atoms with E-state index < -0.39 is 40.3 Å². The Labute approximate surface area is 260 Å². The maximum Gasteiger partial charge on any atom is 0.269 e. The Morgan fingerprint density at radius 1 is 1.09 bits per heavy atom. The normalized spacial score (nSPS) is 17.7. The summed E-state index contributed by atoms with van der Waals surface area (Å²) < 4.78 is 40.1. The minimum atomic E-state index is -4.28. The summed E-state index contributed by atoms with van der Waals surface area (Å²) in [6.07, 6.45) is 1.52. The molecule has 0 saturated carbocycles. The lowest BCUT2D eigenvalue weighted by molar-refractivity contribution is -0.142. The monoisotopic (exact) mass is 631 g/mol. The lowest BCUT2D eigenvalue weighted by atomic mass is 10.1. The first-order valence-electron chi connectivity index (χ1n) is 14.6. The van der Waals surface area contributed by atoms with Gasteiger partial charge in [0.2, 0.25) is 5.91 Å². The standard InChI is InChI=1S/C32H33N5O7S/c1-35-26-11-5-4-10-25(26)34-30(35)29(31(39)33-18-23-8-7-17-44-23)36(19-21-13-15-22(43-2)16-14-21)28(38)20-37-32(40)24-9-3-6-12-27(24)45(37,41)42/h3-6,9-16,23,29H,7-8,17-20H2,1-2H3,(H,33,39)/t23-,29-/m0/s1. The van der Waals surface area contributed by atoms with E-state index in [-0.39, 0.29) is 35.5 Å². The number of nitrogens with zero attached hydrogens (tertiary/aromatic N) is 4. The Hall–Kier alpha value is -4.75. The van der Waals surface area contributed by atoms with Crippen molar-refractivity contribution in [3.05, 3.63) is 89.7 Å². The van der Waals surface area contributed by atoms with Gasteiger partial charge in [0.25, 0.3) is 21.8 Å². The first kappa shape index (κ1) is 30.3. The van der Waals surface area contributed by atoms with Crippen molar-refractivity contribution in [3.8, 4) is 5.75 Å². The minimum absolute atomic E-state index is 0.00629. The highest BCUT2D eigenvalue weighted by atomic mass is 32.2. The van der Waals surface area contributed by atoms with E-state index in [2.05, 4.69) is 5.32 Å². The number of aromatic nitrogens is 2. The van der Waals surface area contributed by atoms with Crippen molar-refractivity contribution in [2.45, 2.75) is 36.4 Å². The average molecular weight is 632 g/mol. The van der Waals surface area contributed by atoms with E-state index in [0.29, 0.717) is 27.7 Å². The molecule has 0 spiro atoms. The lowest BCUT2D eigenvalue weighted by Crippen LogP contribution is -2.49. The molecule has 3 aromatic carbocycles. The topological polar surface area (TPSA) is 140 Å². The highest BCUT2D eigenvalue weighted by Crippen LogP contribution is 2.32. The van der Waals surface area contributed by atoms with Crippen molar-refractivity contribution < 1.29 is 32.3 Å². The fraction of sp³-hybridized carbons (Fsp3) is 0.312. The van der Waals surface area contributed by atoms with Crippen LogP contribution in [0.4, 0.5) is 0 Å². The molecule has 2 aliphatic heterocycles. The number of methoxy groups -OCH3 is 1. The zero-order valence-corrected chi connectivity index (χ0v) is 25.7. The summed E-state index contributed by atoms with van der Waals surface area (Å²) in [5.41, 5.74) is 2.01. The summed E-state index contributed by atoms with van der Waals surface area (Å²) in [6, 6.07) is 18.9. The van der Waals surface area contributed by atoms with Gasteiger partial charge in [-0.25, -0.2) is 17.7 Å². The summed E-state index contributed by atoms with van der Waals surface area (Å²) in [6.45, 7) is -0.0415. The molecule has 1 fully saturated rings. The SMILES string of the molecule is COc1ccc(CN(C(=O)CN2C(=O)c3ccccc3S2(=O)=O)[C@H](C(=O)NC[C@@H]2CCCO2)c2nc3ccccc3n2C)cc1. The molecule has 45 heavy (non-hydrogen) atoms. The van der Waals surface area contributed by atoms with Crippen molar-refractivity contribution >= 4 is 38.8 Å². The van der Waals surface area contributed by atoms with Crippen LogP contribution in [0.3, 0.4) is 0 Å². The highest BCUT2D eigenvalue weighted by molar-refractivity contribution is 7.90. The number of imidazole rings is 1. The molecule has 3 amide bonds. The highest BCUT2D eigenvalue weighted by Gasteiger charge is 2.44. The van der Waals surface area contributed by atoms with Gasteiger partial charge in [0, 0.05) is 26.7 Å². The molecular weight excluding hydrogens is 598 g/mol. The predicted octanol–water partition coefficient (Wildman–Crippen LogP) is 2.79. The van der Waals surface area contributed by atoms with Crippen LogP contribution >= 0.6 is 0 Å². The molecule has 234 valence electrons. The van der Waals surface area contributed by atoms with Gasteiger partial charge in [-0.15, -0.1) is 0 Å². The number of benzene rings is 3. The fourth-order valence-corrected chi connectivity index (χ4v) is 7.29. The van der Waals surface area contributed by atoms with E-state index in [9.17, 15) is 22.8 Å². The van der Waals surface area contributed by atoms with Crippen LogP contribution in [0.5, 0.6) is 5.75 Å². The van der Waals surface area contributed by atoms with Gasteiger partial charge in [-0.1, -0.05) is 36.4 Å². The number of fused-ring (bicyclic) bond motifs is 2. The third-order valence-corrected chi connectivity index (χ3v) is 9.96. The molecule has 1 aromatic heterocycles. The second-order valence-electron chi connectivity index (χ2n) is 11.0. The molecule has 13 heteroatoms. The smallest absolute Gasteiger partial charge is 0.269 e. The number of rotatable bonds is 10. The summed E-state index contributed by atoms with van der Waals surface area (Å²) in [5.74, 6) is -1.18. The van der Waals surface area contributed by atoms with Crippen LogP contribution in [0.2, 0.25) is 0 Å². The number of aryl methyl sites for hydroxylation is 1. The number of carbonyl (C=O) groups excluding carboxylic acids is 3. The Balaban J connectivity index is 1.41. The van der Waals surface area contributed by atoms with Crippen LogP contribution in [0, 0.1) is 0 Å². The van der Waals surface area contributed by atoms with E-state index in [1.165, 1.54) is 30.2 Å². The van der Waals surface area contributed by atoms with Gasteiger partial charge >= 0.3 is 0 Å². The average Bonchev–Trinajstić information content (AvgIpc) is 3.74. The van der Waals surface area contributed by atoms with Crippen LogP contribution in [0.1, 0.15) is 40.6 Å². The first-order chi connectivity index (χ1) is 21.7. The van der Waals surface area contributed by atoms with E-state index >= 15 is 0 Å². The summed E-state index contributed by atoms with van der Waals surface area (Å²) in [4.78, 5) is 47.6. The summed E-state index contributed by atoms with van der Waals surface area (Å²) in [5, 5.41) is 2.94. The molecule has 0 bridgehead atoms. The number of ether oxygens (including phenoxy) is 2. The number of amides is 3. The molecule has 6 rings (SSSR count). The summed E-state index contributed by atoms with van der Waals surface area (Å²) >= 11 is 0. The predicted molar refractivity (Wildman–Crippen MR) is 164 cm³/mol. The van der Waals surface area contributed by atoms with Crippen LogP contribution in [0.15, 0.2) is 77.7 Å².